The number of hydrogen-bond acceptors (Lipinski definition) is 2. The Kier molecular flexibility index (Phi) is 3.98. The minimum Gasteiger partial charge on any atom is -0.481 e. The Bertz CT molecular complexity index is 580. The lowest BCUT2D eigenvalue weighted by molar-refractivity contribution is -0.147. The fourth-order valence-electron chi connectivity index (χ4n) is 3.71. The van der Waals surface area contributed by atoms with Crippen molar-refractivity contribution in [2.45, 2.75) is 68.8 Å². The molecule has 0 radical (unpaired) electrons. The van der Waals surface area contributed by atoms with Crippen LogP contribution in [0.1, 0.15) is 68.9 Å². The van der Waals surface area contributed by atoms with E-state index in [0.717, 1.165) is 29.0 Å². The topological polar surface area (TPSA) is 57.5 Å². The molecule has 120 valence electrons. The van der Waals surface area contributed by atoms with Gasteiger partial charge in [0.05, 0.1) is 11.0 Å². The molecule has 0 atom stereocenters. The van der Waals surface area contributed by atoms with Crippen molar-refractivity contribution in [3.05, 3.63) is 34.3 Å². The quantitative estimate of drug-likeness (QED) is 0.874. The maximum absolute atomic E-state index is 12.0. The SMILES string of the molecule is CC1(O)CCC(C(=O)O)(c2ccc(Cl)c(C3CCC3)c2)CC1. The Morgan fingerprint density at radius 3 is 2.36 bits per heavy atom. The molecule has 22 heavy (non-hydrogen) atoms. The second kappa shape index (κ2) is 5.54. The van der Waals surface area contributed by atoms with Crippen LogP contribution in [0.5, 0.6) is 0 Å². The standard InChI is InChI=1S/C18H23ClO3/c1-17(22)7-9-18(10-8-17,16(20)21)13-5-6-15(19)14(11-13)12-3-2-4-12/h5-6,11-12,22H,2-4,7-10H2,1H3,(H,20,21). The zero-order valence-electron chi connectivity index (χ0n) is 12.9. The molecule has 3 nitrogen and oxygen atoms in total. The highest BCUT2D eigenvalue weighted by Gasteiger charge is 2.46. The maximum atomic E-state index is 12.0. The van der Waals surface area contributed by atoms with E-state index in [4.69, 9.17) is 11.6 Å². The second-order valence-electron chi connectivity index (χ2n) is 7.25. The predicted octanol–water partition coefficient (Wildman–Crippen LogP) is 4.25. The van der Waals surface area contributed by atoms with Gasteiger partial charge in [-0.1, -0.05) is 30.2 Å². The van der Waals surface area contributed by atoms with Gasteiger partial charge >= 0.3 is 5.97 Å². The molecule has 3 rings (SSSR count). The summed E-state index contributed by atoms with van der Waals surface area (Å²) in [7, 11) is 0. The highest BCUT2D eigenvalue weighted by atomic mass is 35.5. The van der Waals surface area contributed by atoms with Gasteiger partial charge in [0.15, 0.2) is 0 Å². The van der Waals surface area contributed by atoms with Crippen molar-refractivity contribution in [2.24, 2.45) is 0 Å². The number of rotatable bonds is 3. The van der Waals surface area contributed by atoms with Crippen molar-refractivity contribution in [3.8, 4) is 0 Å². The van der Waals surface area contributed by atoms with Gasteiger partial charge < -0.3 is 10.2 Å². The van der Waals surface area contributed by atoms with Gasteiger partial charge in [-0.25, -0.2) is 0 Å². The predicted molar refractivity (Wildman–Crippen MR) is 86.4 cm³/mol. The number of carbonyl (C=O) groups is 1. The van der Waals surface area contributed by atoms with Crippen LogP contribution in [0.15, 0.2) is 18.2 Å². The summed E-state index contributed by atoms with van der Waals surface area (Å²) in [6, 6.07) is 5.72. The van der Waals surface area contributed by atoms with Crippen LogP contribution in [0.2, 0.25) is 5.02 Å². The molecule has 0 amide bonds. The summed E-state index contributed by atoms with van der Waals surface area (Å²) in [5.74, 6) is -0.310. The molecule has 4 heteroatoms. The third-order valence-corrected chi connectivity index (χ3v) is 6.03. The Balaban J connectivity index is 1.97. The van der Waals surface area contributed by atoms with Gasteiger partial charge in [-0.3, -0.25) is 4.79 Å². The minimum absolute atomic E-state index is 0.473. The summed E-state index contributed by atoms with van der Waals surface area (Å²) >= 11 is 6.33. The second-order valence-corrected chi connectivity index (χ2v) is 7.66. The van der Waals surface area contributed by atoms with E-state index in [1.165, 1.54) is 6.42 Å². The summed E-state index contributed by atoms with van der Waals surface area (Å²) in [5.41, 5.74) is 0.318. The first-order valence-electron chi connectivity index (χ1n) is 8.10. The highest BCUT2D eigenvalue weighted by Crippen LogP contribution is 2.46. The fourth-order valence-corrected chi connectivity index (χ4v) is 3.99. The van der Waals surface area contributed by atoms with Crippen molar-refractivity contribution in [3.63, 3.8) is 0 Å². The Morgan fingerprint density at radius 1 is 1.23 bits per heavy atom. The van der Waals surface area contributed by atoms with E-state index in [9.17, 15) is 15.0 Å². The number of hydrogen-bond donors (Lipinski definition) is 2. The van der Waals surface area contributed by atoms with Gasteiger partial charge in [0.25, 0.3) is 0 Å². The van der Waals surface area contributed by atoms with Crippen LogP contribution in [0, 0.1) is 0 Å². The normalized spacial score (nSPS) is 32.5. The molecule has 1 aromatic carbocycles. The molecule has 1 aromatic rings. The largest absolute Gasteiger partial charge is 0.481 e. The smallest absolute Gasteiger partial charge is 0.314 e. The van der Waals surface area contributed by atoms with Crippen LogP contribution < -0.4 is 0 Å². The Morgan fingerprint density at radius 2 is 1.86 bits per heavy atom. The van der Waals surface area contributed by atoms with E-state index in [0.29, 0.717) is 31.6 Å². The van der Waals surface area contributed by atoms with Crippen LogP contribution in [0.25, 0.3) is 0 Å². The molecular weight excluding hydrogens is 300 g/mol. The number of halogens is 1. The summed E-state index contributed by atoms with van der Waals surface area (Å²) in [6.07, 6.45) is 5.47. The van der Waals surface area contributed by atoms with E-state index >= 15 is 0 Å². The van der Waals surface area contributed by atoms with E-state index in [1.807, 2.05) is 18.2 Å². The van der Waals surface area contributed by atoms with Crippen LogP contribution in [0.3, 0.4) is 0 Å². The summed E-state index contributed by atoms with van der Waals surface area (Å²) in [5, 5.41) is 20.8. The molecule has 2 aliphatic carbocycles. The lowest BCUT2D eigenvalue weighted by Crippen LogP contribution is -2.44. The van der Waals surface area contributed by atoms with Gasteiger partial charge in [0, 0.05) is 5.02 Å². The van der Waals surface area contributed by atoms with Gasteiger partial charge in [0.1, 0.15) is 0 Å². The van der Waals surface area contributed by atoms with Crippen molar-refractivity contribution < 1.29 is 15.0 Å². The third kappa shape index (κ3) is 2.65. The van der Waals surface area contributed by atoms with Crippen molar-refractivity contribution in [1.82, 2.24) is 0 Å². The van der Waals surface area contributed by atoms with Crippen LogP contribution in [-0.4, -0.2) is 21.8 Å². The minimum atomic E-state index is -0.884. The number of carboxylic acid groups (broad SMARTS) is 1. The lowest BCUT2D eigenvalue weighted by atomic mass is 9.65. The molecule has 2 fully saturated rings. The molecule has 0 unspecified atom stereocenters. The van der Waals surface area contributed by atoms with E-state index in [2.05, 4.69) is 0 Å². The Hall–Kier alpha value is -1.06. The molecule has 0 saturated heterocycles. The van der Waals surface area contributed by atoms with Gasteiger partial charge in [-0.2, -0.15) is 0 Å². The van der Waals surface area contributed by atoms with Gasteiger partial charge in [-0.05, 0) is 68.6 Å². The first-order valence-corrected chi connectivity index (χ1v) is 8.48. The van der Waals surface area contributed by atoms with Crippen molar-refractivity contribution in [2.75, 3.05) is 0 Å². The molecular formula is C18H23ClO3. The molecule has 0 spiro atoms. The van der Waals surface area contributed by atoms with Crippen LogP contribution in [0.4, 0.5) is 0 Å². The zero-order chi connectivity index (χ0) is 16.0. The number of aliphatic carboxylic acids is 1. The third-order valence-electron chi connectivity index (χ3n) is 5.68. The molecule has 0 aromatic heterocycles. The summed E-state index contributed by atoms with van der Waals surface area (Å²) in [4.78, 5) is 12.0. The molecule has 0 heterocycles. The zero-order valence-corrected chi connectivity index (χ0v) is 13.7. The average molecular weight is 323 g/mol. The van der Waals surface area contributed by atoms with Crippen LogP contribution in [-0.2, 0) is 10.2 Å². The van der Waals surface area contributed by atoms with Crippen molar-refractivity contribution in [1.29, 1.82) is 0 Å². The number of carboxylic acids is 1. The first kappa shape index (κ1) is 15.8. The summed E-state index contributed by atoms with van der Waals surface area (Å²) < 4.78 is 0. The molecule has 0 aliphatic heterocycles. The number of benzene rings is 1. The first-order chi connectivity index (χ1) is 10.3. The average Bonchev–Trinajstić information content (AvgIpc) is 2.39. The van der Waals surface area contributed by atoms with Gasteiger partial charge in [-0.15, -0.1) is 0 Å². The molecule has 2 saturated carbocycles. The van der Waals surface area contributed by atoms with Crippen LogP contribution >= 0.6 is 11.6 Å². The lowest BCUT2D eigenvalue weighted by Gasteiger charge is -2.40. The fraction of sp³-hybridized carbons (Fsp3) is 0.611. The van der Waals surface area contributed by atoms with Crippen molar-refractivity contribution >= 4 is 17.6 Å². The Labute approximate surface area is 136 Å². The highest BCUT2D eigenvalue weighted by molar-refractivity contribution is 6.31. The number of aliphatic hydroxyl groups is 1. The van der Waals surface area contributed by atoms with E-state index in [-0.39, 0.29) is 0 Å². The van der Waals surface area contributed by atoms with E-state index < -0.39 is 17.0 Å². The molecule has 2 aliphatic rings. The van der Waals surface area contributed by atoms with E-state index in [1.54, 1.807) is 6.92 Å². The molecule has 2 N–H and O–H groups in total. The molecule has 0 bridgehead atoms. The maximum Gasteiger partial charge on any atom is 0.314 e. The van der Waals surface area contributed by atoms with Gasteiger partial charge in [0.2, 0.25) is 0 Å². The monoisotopic (exact) mass is 322 g/mol. The summed E-state index contributed by atoms with van der Waals surface area (Å²) in [6.45, 7) is 1.79.